The highest BCUT2D eigenvalue weighted by atomic mass is 16.6. The molecular formula is C15H21NO6. The second-order valence-electron chi connectivity index (χ2n) is 5.06. The lowest BCUT2D eigenvalue weighted by Crippen LogP contribution is -2.24. The van der Waals surface area contributed by atoms with Crippen LogP contribution < -0.4 is 4.74 Å². The van der Waals surface area contributed by atoms with Gasteiger partial charge in [0.2, 0.25) is 6.04 Å². The molecule has 0 fully saturated rings. The van der Waals surface area contributed by atoms with Crippen LogP contribution in [-0.4, -0.2) is 33.4 Å². The lowest BCUT2D eigenvalue weighted by Gasteiger charge is -2.15. The maximum Gasteiger partial charge on any atom is 0.335 e. The Kier molecular flexibility index (Phi) is 7.31. The number of nitrogens with zero attached hydrogens (tertiary/aromatic N) is 1. The largest absolute Gasteiger partial charge is 0.478 e. The summed E-state index contributed by atoms with van der Waals surface area (Å²) < 4.78 is 5.21. The van der Waals surface area contributed by atoms with Gasteiger partial charge in [0, 0.05) is 24.2 Å². The van der Waals surface area contributed by atoms with Crippen LogP contribution >= 0.6 is 0 Å². The summed E-state index contributed by atoms with van der Waals surface area (Å²) in [5.41, 5.74) is 0.0517. The number of carboxylic acids is 1. The van der Waals surface area contributed by atoms with Gasteiger partial charge in [-0.05, 0) is 24.6 Å². The van der Waals surface area contributed by atoms with E-state index in [0.29, 0.717) is 6.42 Å². The van der Waals surface area contributed by atoms with Gasteiger partial charge in [0.1, 0.15) is 5.75 Å². The Labute approximate surface area is 128 Å². The zero-order valence-corrected chi connectivity index (χ0v) is 12.5. The molecule has 2 N–H and O–H groups in total. The molecular weight excluding hydrogens is 290 g/mol. The Balaban J connectivity index is 2.51. The maximum absolute atomic E-state index is 10.9. The van der Waals surface area contributed by atoms with E-state index in [9.17, 15) is 20.0 Å². The minimum absolute atomic E-state index is 0.0517. The number of rotatable bonds is 10. The van der Waals surface area contributed by atoms with E-state index in [1.54, 1.807) is 0 Å². The summed E-state index contributed by atoms with van der Waals surface area (Å²) >= 11 is 0. The van der Waals surface area contributed by atoms with Crippen molar-refractivity contribution in [2.45, 2.75) is 51.4 Å². The van der Waals surface area contributed by atoms with E-state index >= 15 is 0 Å². The molecule has 0 radical (unpaired) electrons. The first-order chi connectivity index (χ1) is 10.4. The molecule has 7 heteroatoms. The molecule has 2 unspecified atom stereocenters. The number of nitro groups is 1. The van der Waals surface area contributed by atoms with Crippen LogP contribution in [0.5, 0.6) is 5.75 Å². The van der Waals surface area contributed by atoms with Crippen molar-refractivity contribution in [1.82, 2.24) is 0 Å². The summed E-state index contributed by atoms with van der Waals surface area (Å²) in [6.45, 7) is 1.96. The van der Waals surface area contributed by atoms with Crippen molar-refractivity contribution in [2.24, 2.45) is 0 Å². The molecule has 0 saturated heterocycles. The first-order valence-corrected chi connectivity index (χ1v) is 7.25. The molecule has 0 aliphatic heterocycles. The minimum atomic E-state index is -1.20. The predicted molar refractivity (Wildman–Crippen MR) is 79.6 cm³/mol. The van der Waals surface area contributed by atoms with Gasteiger partial charge < -0.3 is 14.9 Å². The quantitative estimate of drug-likeness (QED) is 0.390. The lowest BCUT2D eigenvalue weighted by molar-refractivity contribution is -0.525. The Morgan fingerprint density at radius 1 is 1.36 bits per heavy atom. The first kappa shape index (κ1) is 17.9. The number of aliphatic hydroxyl groups excluding tert-OH is 1. The summed E-state index contributed by atoms with van der Waals surface area (Å²) in [5.74, 6) is -0.869. The topological polar surface area (TPSA) is 110 Å². The predicted octanol–water partition coefficient (Wildman–Crippen LogP) is 2.70. The fourth-order valence-electron chi connectivity index (χ4n) is 2.05. The zero-order valence-electron chi connectivity index (χ0n) is 12.5. The Morgan fingerprint density at radius 3 is 2.68 bits per heavy atom. The van der Waals surface area contributed by atoms with E-state index in [0.717, 1.165) is 12.8 Å². The standard InChI is InChI=1S/C15H21NO6/c1-2-3-6-12(16(20)21)8-9-14(17)22-13-7-4-5-11(10-13)15(18)19/h4-5,7,10,12,14,17H,2-3,6,8-9H2,1H3,(H,18,19). The molecule has 22 heavy (non-hydrogen) atoms. The molecule has 0 aliphatic rings. The van der Waals surface area contributed by atoms with Crippen molar-refractivity contribution in [3.05, 3.63) is 39.9 Å². The van der Waals surface area contributed by atoms with Gasteiger partial charge in [0.05, 0.1) is 5.56 Å². The van der Waals surface area contributed by atoms with Crippen molar-refractivity contribution in [3.63, 3.8) is 0 Å². The van der Waals surface area contributed by atoms with E-state index in [1.807, 2.05) is 6.92 Å². The second kappa shape index (κ2) is 8.99. The lowest BCUT2D eigenvalue weighted by atomic mass is 10.1. The average Bonchev–Trinajstić information content (AvgIpc) is 2.47. The number of unbranched alkanes of at least 4 members (excludes halogenated alkanes) is 1. The van der Waals surface area contributed by atoms with Crippen molar-refractivity contribution in [2.75, 3.05) is 0 Å². The van der Waals surface area contributed by atoms with Crippen LogP contribution in [0.2, 0.25) is 0 Å². The summed E-state index contributed by atoms with van der Waals surface area (Å²) in [6.07, 6.45) is 1.26. The normalized spacial score (nSPS) is 13.4. The SMILES string of the molecule is CCCCC(CCC(O)Oc1cccc(C(=O)O)c1)[N+](=O)[O-]. The van der Waals surface area contributed by atoms with Gasteiger partial charge in [-0.3, -0.25) is 10.1 Å². The molecule has 0 spiro atoms. The Hall–Kier alpha value is -2.15. The highest BCUT2D eigenvalue weighted by molar-refractivity contribution is 5.87. The summed E-state index contributed by atoms with van der Waals surface area (Å²) in [7, 11) is 0. The highest BCUT2D eigenvalue weighted by Gasteiger charge is 2.21. The maximum atomic E-state index is 10.9. The molecule has 2 atom stereocenters. The van der Waals surface area contributed by atoms with Gasteiger partial charge in [-0.15, -0.1) is 0 Å². The van der Waals surface area contributed by atoms with Gasteiger partial charge in [-0.25, -0.2) is 4.79 Å². The van der Waals surface area contributed by atoms with Gasteiger partial charge in [-0.2, -0.15) is 0 Å². The van der Waals surface area contributed by atoms with E-state index in [2.05, 4.69) is 0 Å². The molecule has 0 amide bonds. The van der Waals surface area contributed by atoms with E-state index in [4.69, 9.17) is 9.84 Å². The van der Waals surface area contributed by atoms with E-state index < -0.39 is 18.3 Å². The van der Waals surface area contributed by atoms with Crippen molar-refractivity contribution < 1.29 is 24.7 Å². The van der Waals surface area contributed by atoms with Crippen LogP contribution in [0, 0.1) is 10.1 Å². The van der Waals surface area contributed by atoms with Crippen LogP contribution in [-0.2, 0) is 0 Å². The van der Waals surface area contributed by atoms with Crippen molar-refractivity contribution in [1.29, 1.82) is 0 Å². The van der Waals surface area contributed by atoms with Crippen molar-refractivity contribution >= 4 is 5.97 Å². The Morgan fingerprint density at radius 2 is 2.09 bits per heavy atom. The van der Waals surface area contributed by atoms with Crippen LogP contribution in [0.1, 0.15) is 49.4 Å². The zero-order chi connectivity index (χ0) is 16.5. The molecule has 122 valence electrons. The second-order valence-corrected chi connectivity index (χ2v) is 5.06. The molecule has 0 heterocycles. The molecule has 0 bridgehead atoms. The molecule has 1 rings (SSSR count). The van der Waals surface area contributed by atoms with Gasteiger partial charge in [0.25, 0.3) is 0 Å². The third-order valence-electron chi connectivity index (χ3n) is 3.29. The van der Waals surface area contributed by atoms with E-state index in [1.165, 1.54) is 24.3 Å². The third-order valence-corrected chi connectivity index (χ3v) is 3.29. The molecule has 0 aromatic heterocycles. The van der Waals surface area contributed by atoms with Gasteiger partial charge in [0.15, 0.2) is 6.29 Å². The molecule has 1 aromatic carbocycles. The van der Waals surface area contributed by atoms with Crippen LogP contribution in [0.3, 0.4) is 0 Å². The van der Waals surface area contributed by atoms with Gasteiger partial charge in [-0.1, -0.05) is 19.4 Å². The molecule has 0 saturated carbocycles. The third kappa shape index (κ3) is 6.09. The number of carbonyl (C=O) groups is 1. The number of hydrogen-bond donors (Lipinski definition) is 2. The molecule has 7 nitrogen and oxygen atoms in total. The minimum Gasteiger partial charge on any atom is -0.478 e. The number of ether oxygens (including phenoxy) is 1. The smallest absolute Gasteiger partial charge is 0.335 e. The van der Waals surface area contributed by atoms with Gasteiger partial charge >= 0.3 is 5.97 Å². The monoisotopic (exact) mass is 311 g/mol. The number of benzene rings is 1. The fraction of sp³-hybridized carbons (Fsp3) is 0.533. The number of aromatic carboxylic acids is 1. The summed E-state index contributed by atoms with van der Waals surface area (Å²) in [6, 6.07) is 5.05. The van der Waals surface area contributed by atoms with Crippen LogP contribution in [0.25, 0.3) is 0 Å². The summed E-state index contributed by atoms with van der Waals surface area (Å²) in [5, 5.41) is 29.6. The average molecular weight is 311 g/mol. The van der Waals surface area contributed by atoms with Crippen LogP contribution in [0.15, 0.2) is 24.3 Å². The van der Waals surface area contributed by atoms with Crippen molar-refractivity contribution in [3.8, 4) is 5.75 Å². The number of aliphatic hydroxyl groups is 1. The molecule has 1 aromatic rings. The number of hydrogen-bond acceptors (Lipinski definition) is 5. The first-order valence-electron chi connectivity index (χ1n) is 7.25. The summed E-state index contributed by atoms with van der Waals surface area (Å²) in [4.78, 5) is 21.4. The molecule has 0 aliphatic carbocycles. The fourth-order valence-corrected chi connectivity index (χ4v) is 2.05. The van der Waals surface area contributed by atoms with E-state index in [-0.39, 0.29) is 29.1 Å². The Bertz CT molecular complexity index is 505. The highest BCUT2D eigenvalue weighted by Crippen LogP contribution is 2.17. The van der Waals surface area contributed by atoms with Crippen LogP contribution in [0.4, 0.5) is 0 Å². The number of carboxylic acid groups (broad SMARTS) is 1.